The van der Waals surface area contributed by atoms with E-state index in [4.69, 9.17) is 0 Å². The molecule has 0 heterocycles. The van der Waals surface area contributed by atoms with Gasteiger partial charge >= 0.3 is 0 Å². The zero-order valence-electron chi connectivity index (χ0n) is 15.6. The van der Waals surface area contributed by atoms with Crippen LogP contribution < -0.4 is 10.6 Å². The molecule has 0 spiro atoms. The molecule has 1 aromatic carbocycles. The first-order chi connectivity index (χ1) is 11.4. The zero-order valence-corrected chi connectivity index (χ0v) is 18.7. The van der Waals surface area contributed by atoms with Crippen LogP contribution in [0.3, 0.4) is 0 Å². The molecule has 1 aromatic rings. The number of hydrogen-bond acceptors (Lipinski definition) is 3. The first-order valence-corrected chi connectivity index (χ1v) is 10.1. The average molecular weight is 482 g/mol. The molecule has 0 aromatic heterocycles. The SMILES string of the molecule is CCNC(=NCc1ccc(C)cc1)NCCS(=O)(=O)N(CC)CC.I. The third-order valence-corrected chi connectivity index (χ3v) is 5.66. The van der Waals surface area contributed by atoms with Crippen molar-refractivity contribution in [1.29, 1.82) is 0 Å². The monoisotopic (exact) mass is 482 g/mol. The van der Waals surface area contributed by atoms with Gasteiger partial charge in [-0.05, 0) is 19.4 Å². The number of aliphatic imine (C=N–C) groups is 1. The van der Waals surface area contributed by atoms with Crippen molar-refractivity contribution >= 4 is 40.0 Å². The van der Waals surface area contributed by atoms with Gasteiger partial charge in [0.1, 0.15) is 0 Å². The lowest BCUT2D eigenvalue weighted by molar-refractivity contribution is 0.445. The van der Waals surface area contributed by atoms with E-state index in [1.54, 1.807) is 0 Å². The van der Waals surface area contributed by atoms with Gasteiger partial charge in [0.2, 0.25) is 10.0 Å². The topological polar surface area (TPSA) is 73.8 Å². The molecule has 0 aliphatic rings. The largest absolute Gasteiger partial charge is 0.357 e. The number of rotatable bonds is 9. The fourth-order valence-corrected chi connectivity index (χ4v) is 3.66. The molecule has 0 atom stereocenters. The molecule has 0 saturated heterocycles. The van der Waals surface area contributed by atoms with Gasteiger partial charge in [0.25, 0.3) is 0 Å². The summed E-state index contributed by atoms with van der Waals surface area (Å²) in [6.07, 6.45) is 0. The number of nitrogens with zero attached hydrogens (tertiary/aromatic N) is 2. The van der Waals surface area contributed by atoms with Crippen LogP contribution in [0.25, 0.3) is 0 Å². The van der Waals surface area contributed by atoms with Crippen LogP contribution in [0.5, 0.6) is 0 Å². The molecule has 8 heteroatoms. The summed E-state index contributed by atoms with van der Waals surface area (Å²) in [6.45, 7) is 10.3. The van der Waals surface area contributed by atoms with Gasteiger partial charge in [0.15, 0.2) is 5.96 Å². The Kier molecular flexibility index (Phi) is 12.0. The maximum Gasteiger partial charge on any atom is 0.215 e. The zero-order chi connectivity index (χ0) is 18.0. The molecule has 0 radical (unpaired) electrons. The van der Waals surface area contributed by atoms with Gasteiger partial charge in [-0.2, -0.15) is 0 Å². The predicted octanol–water partition coefficient (Wildman–Crippen LogP) is 2.34. The summed E-state index contributed by atoms with van der Waals surface area (Å²) in [6, 6.07) is 8.21. The summed E-state index contributed by atoms with van der Waals surface area (Å²) in [5.41, 5.74) is 2.34. The van der Waals surface area contributed by atoms with Gasteiger partial charge in [-0.15, -0.1) is 24.0 Å². The van der Waals surface area contributed by atoms with Crippen molar-refractivity contribution in [3.63, 3.8) is 0 Å². The summed E-state index contributed by atoms with van der Waals surface area (Å²) in [5.74, 6) is 0.691. The van der Waals surface area contributed by atoms with Gasteiger partial charge in [-0.25, -0.2) is 17.7 Å². The Hall–Kier alpha value is -0.870. The molecule has 0 aliphatic heterocycles. The van der Waals surface area contributed by atoms with Gasteiger partial charge in [-0.3, -0.25) is 0 Å². The van der Waals surface area contributed by atoms with E-state index in [1.165, 1.54) is 9.87 Å². The van der Waals surface area contributed by atoms with E-state index in [0.717, 1.165) is 12.1 Å². The second kappa shape index (κ2) is 12.5. The number of benzene rings is 1. The van der Waals surface area contributed by atoms with Crippen molar-refractivity contribution < 1.29 is 8.42 Å². The van der Waals surface area contributed by atoms with Crippen molar-refractivity contribution in [2.75, 3.05) is 31.9 Å². The van der Waals surface area contributed by atoms with Gasteiger partial charge in [-0.1, -0.05) is 43.7 Å². The van der Waals surface area contributed by atoms with E-state index < -0.39 is 10.0 Å². The Morgan fingerprint density at radius 1 is 1.08 bits per heavy atom. The third-order valence-electron chi connectivity index (χ3n) is 3.64. The lowest BCUT2D eigenvalue weighted by Gasteiger charge is -2.19. The molecule has 25 heavy (non-hydrogen) atoms. The predicted molar refractivity (Wildman–Crippen MR) is 116 cm³/mol. The minimum absolute atomic E-state index is 0. The van der Waals surface area contributed by atoms with Crippen LogP contribution in [0.2, 0.25) is 0 Å². The second-order valence-corrected chi connectivity index (χ2v) is 7.60. The molecule has 0 aliphatic carbocycles. The van der Waals surface area contributed by atoms with Gasteiger partial charge in [0, 0.05) is 26.2 Å². The molecule has 0 saturated carbocycles. The minimum atomic E-state index is -3.22. The molecule has 0 fully saturated rings. The summed E-state index contributed by atoms with van der Waals surface area (Å²) < 4.78 is 25.8. The highest BCUT2D eigenvalue weighted by molar-refractivity contribution is 14.0. The molecule has 0 amide bonds. The summed E-state index contributed by atoms with van der Waals surface area (Å²) in [5, 5.41) is 6.23. The Morgan fingerprint density at radius 2 is 1.68 bits per heavy atom. The van der Waals surface area contributed by atoms with Crippen molar-refractivity contribution in [2.24, 2.45) is 4.99 Å². The summed E-state index contributed by atoms with van der Waals surface area (Å²) in [4.78, 5) is 4.50. The third kappa shape index (κ3) is 8.87. The van der Waals surface area contributed by atoms with Crippen LogP contribution in [0, 0.1) is 6.92 Å². The van der Waals surface area contributed by atoms with Crippen LogP contribution in [0.15, 0.2) is 29.3 Å². The molecule has 0 unspecified atom stereocenters. The highest BCUT2D eigenvalue weighted by Crippen LogP contribution is 2.04. The van der Waals surface area contributed by atoms with E-state index in [-0.39, 0.29) is 29.7 Å². The van der Waals surface area contributed by atoms with Crippen molar-refractivity contribution in [1.82, 2.24) is 14.9 Å². The van der Waals surface area contributed by atoms with E-state index in [2.05, 4.69) is 34.7 Å². The molecule has 6 nitrogen and oxygen atoms in total. The lowest BCUT2D eigenvalue weighted by atomic mass is 10.1. The summed E-state index contributed by atoms with van der Waals surface area (Å²) in [7, 11) is -3.22. The van der Waals surface area contributed by atoms with Crippen molar-refractivity contribution in [2.45, 2.75) is 34.2 Å². The summed E-state index contributed by atoms with van der Waals surface area (Å²) >= 11 is 0. The average Bonchev–Trinajstić information content (AvgIpc) is 2.54. The fraction of sp³-hybridized carbons (Fsp3) is 0.588. The molecule has 2 N–H and O–H groups in total. The lowest BCUT2D eigenvalue weighted by Crippen LogP contribution is -2.42. The van der Waals surface area contributed by atoms with Crippen LogP contribution in [-0.2, 0) is 16.6 Å². The smallest absolute Gasteiger partial charge is 0.215 e. The molecule has 0 bridgehead atoms. The van der Waals surface area contributed by atoms with Crippen molar-refractivity contribution in [3.8, 4) is 0 Å². The van der Waals surface area contributed by atoms with E-state index >= 15 is 0 Å². The Bertz CT molecular complexity index is 614. The maximum atomic E-state index is 12.2. The second-order valence-electron chi connectivity index (χ2n) is 5.51. The van der Waals surface area contributed by atoms with Gasteiger partial charge < -0.3 is 10.6 Å². The number of hydrogen-bond donors (Lipinski definition) is 2. The molecule has 1 rings (SSSR count). The number of nitrogens with one attached hydrogen (secondary N) is 2. The van der Waals surface area contributed by atoms with Crippen LogP contribution in [0.4, 0.5) is 0 Å². The maximum absolute atomic E-state index is 12.2. The molecular formula is C17H31IN4O2S. The molecule has 144 valence electrons. The highest BCUT2D eigenvalue weighted by atomic mass is 127. The standard InChI is InChI=1S/C17H30N4O2S.HI/c1-5-18-17(20-14-16-10-8-15(4)9-11-16)19-12-13-24(22,23)21(6-2)7-3;/h8-11H,5-7,12-14H2,1-4H3,(H2,18,19,20);1H. The van der Waals surface area contributed by atoms with Gasteiger partial charge in [0.05, 0.1) is 12.3 Å². The first-order valence-electron chi connectivity index (χ1n) is 8.48. The number of aryl methyl sites for hydroxylation is 1. The molecular weight excluding hydrogens is 451 g/mol. The Balaban J connectivity index is 0.00000576. The van der Waals surface area contributed by atoms with E-state index in [1.807, 2.05) is 32.9 Å². The first kappa shape index (κ1) is 24.1. The van der Waals surface area contributed by atoms with E-state index in [0.29, 0.717) is 32.1 Å². The quantitative estimate of drug-likeness (QED) is 0.322. The number of guanidine groups is 1. The minimum Gasteiger partial charge on any atom is -0.357 e. The Labute approximate surface area is 169 Å². The highest BCUT2D eigenvalue weighted by Gasteiger charge is 2.18. The number of halogens is 1. The fourth-order valence-electron chi connectivity index (χ4n) is 2.25. The normalized spacial score (nSPS) is 12.0. The number of sulfonamides is 1. The van der Waals surface area contributed by atoms with Crippen LogP contribution in [0.1, 0.15) is 31.9 Å². The van der Waals surface area contributed by atoms with Crippen LogP contribution >= 0.6 is 24.0 Å². The van der Waals surface area contributed by atoms with Crippen LogP contribution in [-0.4, -0.2) is 50.6 Å². The van der Waals surface area contributed by atoms with Crippen molar-refractivity contribution in [3.05, 3.63) is 35.4 Å². The van der Waals surface area contributed by atoms with E-state index in [9.17, 15) is 8.42 Å². The Morgan fingerprint density at radius 3 is 2.20 bits per heavy atom.